The van der Waals surface area contributed by atoms with Crippen molar-refractivity contribution in [2.24, 2.45) is 0 Å². The molecule has 31 heavy (non-hydrogen) atoms. The number of hydrogen-bond acceptors (Lipinski definition) is 2. The first-order valence-corrected chi connectivity index (χ1v) is 12.4. The van der Waals surface area contributed by atoms with Gasteiger partial charge in [-0.25, -0.2) is 4.79 Å². The van der Waals surface area contributed by atoms with Crippen LogP contribution in [0.1, 0.15) is 114 Å². The molecule has 0 aliphatic rings. The summed E-state index contributed by atoms with van der Waals surface area (Å²) in [6.07, 6.45) is 18.7. The predicted molar refractivity (Wildman–Crippen MR) is 128 cm³/mol. The third-order valence-electron chi connectivity index (χ3n) is 6.15. The van der Waals surface area contributed by atoms with Gasteiger partial charge in [-0.05, 0) is 12.8 Å². The molecule has 0 heterocycles. The van der Waals surface area contributed by atoms with E-state index >= 15 is 0 Å². The van der Waals surface area contributed by atoms with Crippen molar-refractivity contribution in [1.82, 2.24) is 0 Å². The Bertz CT molecular complexity index is 586. The molecule has 0 unspecified atom stereocenters. The van der Waals surface area contributed by atoms with E-state index in [0.717, 1.165) is 13.0 Å². The molecular weight excluding hydrogens is 406 g/mol. The van der Waals surface area contributed by atoms with E-state index in [2.05, 4.69) is 6.92 Å². The lowest BCUT2D eigenvalue weighted by molar-refractivity contribution is -0.814. The number of nitrogens with zero attached hydrogens (tertiary/aromatic N) is 1. The molecule has 3 nitrogen and oxygen atoms in total. The van der Waals surface area contributed by atoms with Crippen LogP contribution in [0.3, 0.4) is 0 Å². The molecule has 1 aromatic carbocycles. The highest BCUT2D eigenvalue weighted by Gasteiger charge is 2.28. The van der Waals surface area contributed by atoms with Gasteiger partial charge in [0.1, 0.15) is 6.42 Å². The monoisotopic (exact) mass is 451 g/mol. The summed E-state index contributed by atoms with van der Waals surface area (Å²) < 4.78 is 0.302. The Kier molecular flexibility index (Phi) is 17.7. The van der Waals surface area contributed by atoms with Crippen LogP contribution in [0.2, 0.25) is 0 Å². The van der Waals surface area contributed by atoms with Crippen molar-refractivity contribution >= 4 is 11.7 Å². The molecule has 178 valence electrons. The molecule has 0 aliphatic heterocycles. The minimum absolute atomic E-state index is 0. The lowest BCUT2D eigenvalue weighted by atomic mass is 10.0. The van der Waals surface area contributed by atoms with Crippen molar-refractivity contribution in [3.63, 3.8) is 0 Å². The SMILES string of the molecule is CCCCCCCCCCCCCCCC[N+](C)(C)C(=O)CC(=O)c1ccccc1.[Cl-]. The number of amides is 1. The molecule has 0 aliphatic carbocycles. The molecule has 0 spiro atoms. The Morgan fingerprint density at radius 3 is 1.55 bits per heavy atom. The summed E-state index contributed by atoms with van der Waals surface area (Å²) in [4.78, 5) is 24.8. The number of rotatable bonds is 18. The standard InChI is InChI=1S/C27H46NO2.ClH/c1-4-5-6-7-8-9-10-11-12-13-14-15-16-20-23-28(2,3)27(30)24-26(29)25-21-18-17-19-22-25;/h17-19,21-22H,4-16,20,23-24H2,1-3H3;1H/q+1;/p-1. The predicted octanol–water partition coefficient (Wildman–Crippen LogP) is 4.35. The van der Waals surface area contributed by atoms with Gasteiger partial charge < -0.3 is 12.4 Å². The van der Waals surface area contributed by atoms with Crippen LogP contribution in [-0.2, 0) is 4.79 Å². The largest absolute Gasteiger partial charge is 1.00 e. The van der Waals surface area contributed by atoms with Crippen molar-refractivity contribution in [3.05, 3.63) is 35.9 Å². The normalized spacial score (nSPS) is 11.2. The van der Waals surface area contributed by atoms with E-state index in [4.69, 9.17) is 0 Å². The number of carbonyl (C=O) groups is 2. The van der Waals surface area contributed by atoms with E-state index < -0.39 is 0 Å². The number of halogens is 1. The molecule has 0 atom stereocenters. The smallest absolute Gasteiger partial charge is 0.321 e. The highest BCUT2D eigenvalue weighted by Crippen LogP contribution is 2.14. The summed E-state index contributed by atoms with van der Waals surface area (Å²) in [6, 6.07) is 9.12. The lowest BCUT2D eigenvalue weighted by Crippen LogP contribution is -3.00. The molecular formula is C27H46ClNO2. The minimum Gasteiger partial charge on any atom is -1.00 e. The number of hydrogen-bond donors (Lipinski definition) is 0. The van der Waals surface area contributed by atoms with Crippen molar-refractivity contribution in [3.8, 4) is 0 Å². The van der Waals surface area contributed by atoms with Crippen molar-refractivity contribution in [2.75, 3.05) is 20.6 Å². The first-order chi connectivity index (χ1) is 14.5. The van der Waals surface area contributed by atoms with Gasteiger partial charge in [0.2, 0.25) is 0 Å². The molecule has 0 saturated heterocycles. The van der Waals surface area contributed by atoms with Crippen LogP contribution >= 0.6 is 0 Å². The van der Waals surface area contributed by atoms with Crippen LogP contribution in [0.15, 0.2) is 30.3 Å². The Morgan fingerprint density at radius 2 is 1.10 bits per heavy atom. The van der Waals surface area contributed by atoms with Crippen LogP contribution in [0.5, 0.6) is 0 Å². The third kappa shape index (κ3) is 14.5. The van der Waals surface area contributed by atoms with Crippen LogP contribution in [-0.4, -0.2) is 36.8 Å². The van der Waals surface area contributed by atoms with Gasteiger partial charge in [-0.2, -0.15) is 0 Å². The fourth-order valence-electron chi connectivity index (χ4n) is 3.90. The number of Topliss-reactive ketones (excluding diaryl/α,β-unsaturated/α-hetero) is 1. The van der Waals surface area contributed by atoms with Crippen molar-refractivity contribution < 1.29 is 26.5 Å². The summed E-state index contributed by atoms with van der Waals surface area (Å²) in [5, 5.41) is 0. The van der Waals surface area contributed by atoms with Gasteiger partial charge in [0.05, 0.1) is 20.6 Å². The van der Waals surface area contributed by atoms with E-state index in [-0.39, 0.29) is 30.5 Å². The highest BCUT2D eigenvalue weighted by atomic mass is 35.5. The van der Waals surface area contributed by atoms with Gasteiger partial charge in [0.25, 0.3) is 0 Å². The molecule has 1 amide bonds. The number of ketones is 1. The molecule has 1 aromatic rings. The molecule has 1 rings (SSSR count). The summed E-state index contributed by atoms with van der Waals surface area (Å²) in [5.74, 6) is -0.0636. The first-order valence-electron chi connectivity index (χ1n) is 12.4. The van der Waals surface area contributed by atoms with Gasteiger partial charge >= 0.3 is 5.91 Å². The Morgan fingerprint density at radius 1 is 0.677 bits per heavy atom. The number of carbonyl (C=O) groups excluding carboxylic acids is 2. The molecule has 0 radical (unpaired) electrons. The van der Waals surface area contributed by atoms with Gasteiger partial charge in [-0.15, -0.1) is 0 Å². The summed E-state index contributed by atoms with van der Waals surface area (Å²) >= 11 is 0. The van der Waals surface area contributed by atoms with Gasteiger partial charge in [0.15, 0.2) is 5.78 Å². The van der Waals surface area contributed by atoms with Gasteiger partial charge in [-0.3, -0.25) is 9.28 Å². The quantitative estimate of drug-likeness (QED) is 0.144. The maximum atomic E-state index is 12.6. The van der Waals surface area contributed by atoms with E-state index in [1.165, 1.54) is 83.5 Å². The topological polar surface area (TPSA) is 34.1 Å². The number of quaternary nitrogens is 1. The molecule has 0 bridgehead atoms. The zero-order chi connectivity index (χ0) is 22.1. The van der Waals surface area contributed by atoms with Crippen LogP contribution in [0, 0.1) is 0 Å². The number of unbranched alkanes of at least 4 members (excludes halogenated alkanes) is 13. The fourth-order valence-corrected chi connectivity index (χ4v) is 3.90. The van der Waals surface area contributed by atoms with E-state index in [1.54, 1.807) is 12.1 Å². The number of benzene rings is 1. The third-order valence-corrected chi connectivity index (χ3v) is 6.15. The second-order valence-electron chi connectivity index (χ2n) is 9.36. The van der Waals surface area contributed by atoms with Crippen LogP contribution < -0.4 is 12.4 Å². The summed E-state index contributed by atoms with van der Waals surface area (Å²) in [7, 11) is 3.87. The molecule has 0 saturated carbocycles. The molecule has 0 N–H and O–H groups in total. The maximum Gasteiger partial charge on any atom is 0.321 e. The van der Waals surface area contributed by atoms with Gasteiger partial charge in [0, 0.05) is 5.56 Å². The fraction of sp³-hybridized carbons (Fsp3) is 0.704. The van der Waals surface area contributed by atoms with Gasteiger partial charge in [-0.1, -0.05) is 114 Å². The second kappa shape index (κ2) is 18.4. The molecule has 0 fully saturated rings. The summed E-state index contributed by atoms with van der Waals surface area (Å²) in [5.41, 5.74) is 0.627. The average Bonchev–Trinajstić information content (AvgIpc) is 2.74. The first kappa shape index (κ1) is 29.8. The maximum absolute atomic E-state index is 12.6. The molecule has 0 aromatic heterocycles. The van der Waals surface area contributed by atoms with E-state index in [1.807, 2.05) is 32.3 Å². The second-order valence-corrected chi connectivity index (χ2v) is 9.36. The summed E-state index contributed by atoms with van der Waals surface area (Å²) in [6.45, 7) is 3.09. The van der Waals surface area contributed by atoms with E-state index in [0.29, 0.717) is 10.0 Å². The van der Waals surface area contributed by atoms with Crippen LogP contribution in [0.25, 0.3) is 0 Å². The van der Waals surface area contributed by atoms with Crippen molar-refractivity contribution in [2.45, 2.75) is 103 Å². The highest BCUT2D eigenvalue weighted by molar-refractivity contribution is 6.05. The zero-order valence-electron chi connectivity index (χ0n) is 20.3. The van der Waals surface area contributed by atoms with Crippen LogP contribution in [0.4, 0.5) is 0 Å². The van der Waals surface area contributed by atoms with Crippen molar-refractivity contribution in [1.29, 1.82) is 0 Å². The Balaban J connectivity index is 0.00000900. The van der Waals surface area contributed by atoms with E-state index in [9.17, 15) is 9.59 Å². The molecule has 4 heteroatoms. The lowest BCUT2D eigenvalue weighted by Gasteiger charge is -2.26. The average molecular weight is 452 g/mol. The minimum atomic E-state index is -0.0761. The Hall–Kier alpha value is -1.19. The zero-order valence-corrected chi connectivity index (χ0v) is 21.1. The Labute approximate surface area is 198 Å².